The van der Waals surface area contributed by atoms with Crippen molar-refractivity contribution >= 4 is 11.5 Å². The maximum absolute atomic E-state index is 8.40. The van der Waals surface area contributed by atoms with E-state index in [0.717, 1.165) is 12.8 Å². The summed E-state index contributed by atoms with van der Waals surface area (Å²) < 4.78 is 0. The lowest BCUT2D eigenvalue weighted by Gasteiger charge is -1.96. The van der Waals surface area contributed by atoms with Crippen LogP contribution in [0.15, 0.2) is 5.16 Å². The number of hydrogen-bond acceptors (Lipinski definition) is 4. The molecule has 0 bridgehead atoms. The molecule has 12 heavy (non-hydrogen) atoms. The normalized spacial score (nSPS) is 16.8. The first-order chi connectivity index (χ1) is 5.74. The second kappa shape index (κ2) is 3.72. The first kappa shape index (κ1) is 8.53. The maximum Gasteiger partial charge on any atom is 0.220 e. The van der Waals surface area contributed by atoms with E-state index in [1.165, 1.54) is 0 Å². The molecule has 0 aliphatic heterocycles. The Morgan fingerprint density at radius 3 is 2.83 bits per heavy atom. The van der Waals surface area contributed by atoms with E-state index < -0.39 is 0 Å². The zero-order valence-electron chi connectivity index (χ0n) is 6.58. The van der Waals surface area contributed by atoms with Gasteiger partial charge in [-0.05, 0) is 18.8 Å². The lowest BCUT2D eigenvalue weighted by Crippen LogP contribution is -2.21. The Kier molecular flexibility index (Phi) is 2.64. The van der Waals surface area contributed by atoms with Crippen molar-refractivity contribution in [1.82, 2.24) is 0 Å². The number of nitrogens with two attached hydrogens (primary N) is 1. The van der Waals surface area contributed by atoms with Gasteiger partial charge in [0.25, 0.3) is 0 Å². The van der Waals surface area contributed by atoms with Gasteiger partial charge in [0, 0.05) is 0 Å². The number of oxime groups is 1. The van der Waals surface area contributed by atoms with Crippen LogP contribution >= 0.6 is 0 Å². The van der Waals surface area contributed by atoms with E-state index in [1.807, 2.05) is 0 Å². The summed E-state index contributed by atoms with van der Waals surface area (Å²) in [5.41, 5.74) is 4.87. The van der Waals surface area contributed by atoms with Crippen molar-refractivity contribution in [3.8, 4) is 6.07 Å². The van der Waals surface area contributed by atoms with Crippen LogP contribution in [0.5, 0.6) is 0 Å². The van der Waals surface area contributed by atoms with E-state index in [2.05, 4.69) is 5.16 Å². The lowest BCUT2D eigenvalue weighted by atomic mass is 10.4. The molecule has 0 aromatic carbocycles. The molecule has 1 fully saturated rings. The lowest BCUT2D eigenvalue weighted by molar-refractivity contribution is 0.135. The summed E-state index contributed by atoms with van der Waals surface area (Å²) in [4.78, 5) is 4.82. The fourth-order valence-corrected chi connectivity index (χ4v) is 0.622. The minimum Gasteiger partial charge on any atom is -0.394 e. The monoisotopic (exact) mass is 166 g/mol. The van der Waals surface area contributed by atoms with Gasteiger partial charge in [-0.25, -0.2) is 0 Å². The molecule has 0 atom stereocenters. The molecule has 5 heteroatoms. The molecule has 0 aromatic heterocycles. The topological polar surface area (TPSA) is 95.2 Å². The first-order valence-corrected chi connectivity index (χ1v) is 3.68. The van der Waals surface area contributed by atoms with Gasteiger partial charge in [-0.1, -0.05) is 5.16 Å². The molecule has 1 aliphatic rings. The SMILES string of the molecule is N#CC(=NOCC1CC1)C(=N)N. The highest BCUT2D eigenvalue weighted by Gasteiger charge is 2.22. The number of rotatable bonds is 4. The molecule has 1 saturated carbocycles. The van der Waals surface area contributed by atoms with Gasteiger partial charge in [-0.2, -0.15) is 5.26 Å². The Morgan fingerprint density at radius 2 is 2.42 bits per heavy atom. The van der Waals surface area contributed by atoms with E-state index in [9.17, 15) is 0 Å². The number of nitrogens with zero attached hydrogens (tertiary/aromatic N) is 2. The van der Waals surface area contributed by atoms with Gasteiger partial charge >= 0.3 is 0 Å². The summed E-state index contributed by atoms with van der Waals surface area (Å²) in [6.45, 7) is 0.526. The number of amidine groups is 1. The van der Waals surface area contributed by atoms with Gasteiger partial charge in [0.1, 0.15) is 12.7 Å². The van der Waals surface area contributed by atoms with Gasteiger partial charge < -0.3 is 10.6 Å². The predicted octanol–water partition coefficient (Wildman–Crippen LogP) is 0.229. The van der Waals surface area contributed by atoms with Crippen LogP contribution in [-0.2, 0) is 4.84 Å². The van der Waals surface area contributed by atoms with E-state index >= 15 is 0 Å². The average Bonchev–Trinajstić information content (AvgIpc) is 2.80. The van der Waals surface area contributed by atoms with Crippen LogP contribution in [0, 0.1) is 22.7 Å². The van der Waals surface area contributed by atoms with Gasteiger partial charge in [-0.15, -0.1) is 0 Å². The second-order valence-electron chi connectivity index (χ2n) is 2.70. The predicted molar refractivity (Wildman–Crippen MR) is 43.6 cm³/mol. The average molecular weight is 166 g/mol. The molecule has 0 amide bonds. The van der Waals surface area contributed by atoms with Crippen LogP contribution in [0.25, 0.3) is 0 Å². The molecule has 1 rings (SSSR count). The van der Waals surface area contributed by atoms with Crippen LogP contribution in [0.2, 0.25) is 0 Å². The molecule has 64 valence electrons. The summed E-state index contributed by atoms with van der Waals surface area (Å²) in [5, 5.41) is 18.7. The zero-order chi connectivity index (χ0) is 8.97. The number of hydrogen-bond donors (Lipinski definition) is 2. The number of nitriles is 1. The highest BCUT2D eigenvalue weighted by molar-refractivity contribution is 6.45. The summed E-state index contributed by atoms with van der Waals surface area (Å²) in [6, 6.07) is 1.67. The zero-order valence-corrected chi connectivity index (χ0v) is 6.58. The van der Waals surface area contributed by atoms with Crippen molar-refractivity contribution in [3.63, 3.8) is 0 Å². The molecule has 0 spiro atoms. The molecule has 1 aliphatic carbocycles. The van der Waals surface area contributed by atoms with Gasteiger partial charge in [0.05, 0.1) is 0 Å². The van der Waals surface area contributed by atoms with Crippen LogP contribution < -0.4 is 5.73 Å². The van der Waals surface area contributed by atoms with E-state index in [-0.39, 0.29) is 11.5 Å². The molecule has 5 nitrogen and oxygen atoms in total. The molecule has 0 radical (unpaired) electrons. The first-order valence-electron chi connectivity index (χ1n) is 3.68. The fraction of sp³-hybridized carbons (Fsp3) is 0.571. The maximum atomic E-state index is 8.40. The summed E-state index contributed by atoms with van der Waals surface area (Å²) in [5.74, 6) is 0.231. The standard InChI is InChI=1S/C7H10N4O/c8-3-6(7(9)10)11-12-4-5-1-2-5/h5H,1-2,4H2,(H3,9,10). The molecule has 0 saturated heterocycles. The summed E-state index contributed by atoms with van der Waals surface area (Å²) in [6.07, 6.45) is 2.33. The largest absolute Gasteiger partial charge is 0.394 e. The van der Waals surface area contributed by atoms with Crippen molar-refractivity contribution in [2.75, 3.05) is 6.61 Å². The van der Waals surface area contributed by atoms with Gasteiger partial charge in [0.15, 0.2) is 5.84 Å². The smallest absolute Gasteiger partial charge is 0.220 e. The number of nitrogens with one attached hydrogen (secondary N) is 1. The van der Waals surface area contributed by atoms with Crippen molar-refractivity contribution in [2.45, 2.75) is 12.8 Å². The van der Waals surface area contributed by atoms with Gasteiger partial charge in [0.2, 0.25) is 5.71 Å². The highest BCUT2D eigenvalue weighted by Crippen LogP contribution is 2.28. The summed E-state index contributed by atoms with van der Waals surface area (Å²) >= 11 is 0. The van der Waals surface area contributed by atoms with E-state index in [0.29, 0.717) is 12.5 Å². The molecule has 0 unspecified atom stereocenters. The van der Waals surface area contributed by atoms with E-state index in [4.69, 9.17) is 21.2 Å². The molecule has 0 aromatic rings. The Morgan fingerprint density at radius 1 is 1.75 bits per heavy atom. The Bertz CT molecular complexity index is 249. The fourth-order valence-electron chi connectivity index (χ4n) is 0.622. The van der Waals surface area contributed by atoms with Crippen molar-refractivity contribution in [1.29, 1.82) is 10.7 Å². The quantitative estimate of drug-likeness (QED) is 0.355. The Hall–Kier alpha value is -1.57. The third kappa shape index (κ3) is 2.58. The third-order valence-electron chi connectivity index (χ3n) is 1.52. The second-order valence-corrected chi connectivity index (χ2v) is 2.70. The Balaban J connectivity index is 2.31. The highest BCUT2D eigenvalue weighted by atomic mass is 16.6. The third-order valence-corrected chi connectivity index (χ3v) is 1.52. The Labute approximate surface area is 70.3 Å². The molecular formula is C7H10N4O. The molecular weight excluding hydrogens is 156 g/mol. The molecule has 0 heterocycles. The minimum absolute atomic E-state index is 0.157. The van der Waals surface area contributed by atoms with Crippen molar-refractivity contribution in [2.24, 2.45) is 16.8 Å². The van der Waals surface area contributed by atoms with Crippen LogP contribution in [0.1, 0.15) is 12.8 Å². The van der Waals surface area contributed by atoms with Crippen molar-refractivity contribution in [3.05, 3.63) is 0 Å². The van der Waals surface area contributed by atoms with Gasteiger partial charge in [-0.3, -0.25) is 5.41 Å². The van der Waals surface area contributed by atoms with Crippen LogP contribution in [0.4, 0.5) is 0 Å². The summed E-state index contributed by atoms with van der Waals surface area (Å²) in [7, 11) is 0. The van der Waals surface area contributed by atoms with Crippen molar-refractivity contribution < 1.29 is 4.84 Å². The van der Waals surface area contributed by atoms with Crippen LogP contribution in [-0.4, -0.2) is 18.2 Å². The van der Waals surface area contributed by atoms with Crippen LogP contribution in [0.3, 0.4) is 0 Å². The minimum atomic E-state index is -0.353. The molecule has 3 N–H and O–H groups in total. The van der Waals surface area contributed by atoms with E-state index in [1.54, 1.807) is 6.07 Å².